The van der Waals surface area contributed by atoms with Gasteiger partial charge in [0.15, 0.2) is 5.65 Å². The Morgan fingerprint density at radius 2 is 2.00 bits per heavy atom. The Bertz CT molecular complexity index is 715. The van der Waals surface area contributed by atoms with E-state index in [-0.39, 0.29) is 5.84 Å². The highest BCUT2D eigenvalue weighted by Gasteiger charge is 2.10. The van der Waals surface area contributed by atoms with Crippen molar-refractivity contribution in [3.05, 3.63) is 54.6 Å². The van der Waals surface area contributed by atoms with E-state index in [1.807, 2.05) is 40.9 Å². The molecule has 2 heterocycles. The molecule has 0 aliphatic carbocycles. The van der Waals surface area contributed by atoms with Gasteiger partial charge in [-0.3, -0.25) is 5.41 Å². The van der Waals surface area contributed by atoms with E-state index in [4.69, 9.17) is 11.1 Å². The fourth-order valence-electron chi connectivity index (χ4n) is 1.85. The fraction of sp³-hybridized carbons (Fsp3) is 0. The first-order valence-electron chi connectivity index (χ1n) is 5.49. The molecule has 0 bridgehead atoms. The van der Waals surface area contributed by atoms with Crippen LogP contribution in [0.15, 0.2) is 48.9 Å². The zero-order valence-electron chi connectivity index (χ0n) is 9.54. The molecule has 1 aromatic carbocycles. The molecule has 3 rings (SSSR count). The van der Waals surface area contributed by atoms with E-state index in [9.17, 15) is 0 Å². The van der Waals surface area contributed by atoms with Gasteiger partial charge in [0.05, 0.1) is 0 Å². The number of hydrogen-bond acceptors (Lipinski definition) is 3. The monoisotopic (exact) mass is 237 g/mol. The van der Waals surface area contributed by atoms with Gasteiger partial charge in [-0.1, -0.05) is 30.3 Å². The zero-order valence-corrected chi connectivity index (χ0v) is 9.54. The van der Waals surface area contributed by atoms with Crippen LogP contribution in [0.25, 0.3) is 16.9 Å². The zero-order chi connectivity index (χ0) is 12.5. The van der Waals surface area contributed by atoms with Crippen molar-refractivity contribution < 1.29 is 0 Å². The van der Waals surface area contributed by atoms with Crippen LogP contribution < -0.4 is 5.73 Å². The first-order valence-corrected chi connectivity index (χ1v) is 5.49. The molecule has 0 atom stereocenters. The second kappa shape index (κ2) is 3.96. The molecule has 2 aromatic heterocycles. The number of rotatable bonds is 2. The van der Waals surface area contributed by atoms with Gasteiger partial charge in [-0.25, -0.2) is 9.97 Å². The first-order chi connectivity index (χ1) is 8.75. The molecule has 0 aliphatic rings. The highest BCUT2D eigenvalue weighted by Crippen LogP contribution is 2.21. The molecule has 0 aliphatic heterocycles. The van der Waals surface area contributed by atoms with Gasteiger partial charge in [0.2, 0.25) is 0 Å². The summed E-state index contributed by atoms with van der Waals surface area (Å²) in [6.07, 6.45) is 5.22. The van der Waals surface area contributed by atoms with Crippen LogP contribution in [0.1, 0.15) is 5.69 Å². The lowest BCUT2D eigenvalue weighted by Crippen LogP contribution is -2.14. The number of imidazole rings is 1. The Morgan fingerprint density at radius 3 is 2.72 bits per heavy atom. The third-order valence-corrected chi connectivity index (χ3v) is 2.70. The molecule has 88 valence electrons. The number of fused-ring (bicyclic) bond motifs is 1. The summed E-state index contributed by atoms with van der Waals surface area (Å²) in [7, 11) is 0. The van der Waals surface area contributed by atoms with Crippen molar-refractivity contribution >= 4 is 11.5 Å². The molecule has 18 heavy (non-hydrogen) atoms. The predicted octanol–water partition coefficient (Wildman–Crippen LogP) is 1.68. The number of amidine groups is 1. The quantitative estimate of drug-likeness (QED) is 0.525. The van der Waals surface area contributed by atoms with Gasteiger partial charge in [-0.05, 0) is 0 Å². The topological polar surface area (TPSA) is 80.1 Å². The van der Waals surface area contributed by atoms with Crippen LogP contribution in [0.2, 0.25) is 0 Å². The van der Waals surface area contributed by atoms with Crippen LogP contribution in [0.4, 0.5) is 0 Å². The average molecular weight is 237 g/mol. The smallest absolute Gasteiger partial charge is 0.163 e. The fourth-order valence-corrected chi connectivity index (χ4v) is 1.85. The Hall–Kier alpha value is -2.69. The maximum absolute atomic E-state index is 7.50. The Balaban J connectivity index is 2.33. The van der Waals surface area contributed by atoms with Crippen molar-refractivity contribution in [2.24, 2.45) is 5.73 Å². The molecule has 5 heteroatoms. The van der Waals surface area contributed by atoms with Gasteiger partial charge in [-0.2, -0.15) is 0 Å². The van der Waals surface area contributed by atoms with Gasteiger partial charge in [0.1, 0.15) is 17.2 Å². The largest absolute Gasteiger partial charge is 0.382 e. The minimum absolute atomic E-state index is 0.0530. The molecule has 0 saturated heterocycles. The summed E-state index contributed by atoms with van der Waals surface area (Å²) in [4.78, 5) is 8.69. The van der Waals surface area contributed by atoms with Crippen LogP contribution in [0, 0.1) is 5.41 Å². The number of nitrogens with zero attached hydrogens (tertiary/aromatic N) is 3. The van der Waals surface area contributed by atoms with Gasteiger partial charge in [0, 0.05) is 24.2 Å². The Morgan fingerprint density at radius 1 is 1.22 bits per heavy atom. The summed E-state index contributed by atoms with van der Waals surface area (Å²) in [6, 6.07) is 9.75. The lowest BCUT2D eigenvalue weighted by atomic mass is 10.1. The van der Waals surface area contributed by atoms with E-state index in [2.05, 4.69) is 9.97 Å². The van der Waals surface area contributed by atoms with Crippen molar-refractivity contribution in [3.8, 4) is 11.3 Å². The van der Waals surface area contributed by atoms with E-state index in [1.165, 1.54) is 0 Å². The van der Waals surface area contributed by atoms with Crippen molar-refractivity contribution in [1.82, 2.24) is 14.4 Å². The summed E-state index contributed by atoms with van der Waals surface area (Å²) in [6.45, 7) is 0. The summed E-state index contributed by atoms with van der Waals surface area (Å²) < 4.78 is 1.83. The molecule has 3 N–H and O–H groups in total. The number of nitrogens with two attached hydrogens (primary N) is 1. The summed E-state index contributed by atoms with van der Waals surface area (Å²) in [5.74, 6) is -0.0530. The lowest BCUT2D eigenvalue weighted by Gasteiger charge is -2.06. The highest BCUT2D eigenvalue weighted by molar-refractivity contribution is 5.94. The lowest BCUT2D eigenvalue weighted by molar-refractivity contribution is 1.11. The van der Waals surface area contributed by atoms with Crippen LogP contribution >= 0.6 is 0 Å². The van der Waals surface area contributed by atoms with Crippen molar-refractivity contribution in [2.45, 2.75) is 0 Å². The second-order valence-electron chi connectivity index (χ2n) is 3.91. The SMILES string of the molecule is N=C(N)c1cn2ccnc2c(-c2ccccc2)n1. The Kier molecular flexibility index (Phi) is 2.30. The van der Waals surface area contributed by atoms with Gasteiger partial charge in [0.25, 0.3) is 0 Å². The number of aromatic nitrogens is 3. The number of nitrogens with one attached hydrogen (secondary N) is 1. The van der Waals surface area contributed by atoms with E-state index in [1.54, 1.807) is 12.4 Å². The van der Waals surface area contributed by atoms with Crippen LogP contribution in [0.3, 0.4) is 0 Å². The molecule has 0 radical (unpaired) electrons. The molecule has 0 unspecified atom stereocenters. The van der Waals surface area contributed by atoms with E-state index >= 15 is 0 Å². The predicted molar refractivity (Wildman–Crippen MR) is 69.4 cm³/mol. The van der Waals surface area contributed by atoms with Gasteiger partial charge in [-0.15, -0.1) is 0 Å². The molecule has 0 spiro atoms. The number of benzene rings is 1. The Labute approximate surface area is 103 Å². The third kappa shape index (κ3) is 1.62. The first kappa shape index (κ1) is 10.5. The second-order valence-corrected chi connectivity index (χ2v) is 3.91. The average Bonchev–Trinajstić information content (AvgIpc) is 2.86. The maximum Gasteiger partial charge on any atom is 0.163 e. The third-order valence-electron chi connectivity index (χ3n) is 2.70. The van der Waals surface area contributed by atoms with E-state index in [0.717, 1.165) is 16.9 Å². The van der Waals surface area contributed by atoms with Crippen LogP contribution in [0.5, 0.6) is 0 Å². The highest BCUT2D eigenvalue weighted by atomic mass is 15.0. The van der Waals surface area contributed by atoms with E-state index < -0.39 is 0 Å². The number of nitrogen functional groups attached to an aromatic ring is 1. The van der Waals surface area contributed by atoms with Crippen molar-refractivity contribution in [2.75, 3.05) is 0 Å². The molecule has 0 saturated carbocycles. The normalized spacial score (nSPS) is 10.7. The molecule has 0 fully saturated rings. The van der Waals surface area contributed by atoms with Crippen LogP contribution in [-0.2, 0) is 0 Å². The summed E-state index contributed by atoms with van der Waals surface area (Å²) in [5.41, 5.74) is 8.39. The molecule has 0 amide bonds. The van der Waals surface area contributed by atoms with Crippen LogP contribution in [-0.4, -0.2) is 20.2 Å². The van der Waals surface area contributed by atoms with Gasteiger partial charge >= 0.3 is 0 Å². The molecule has 5 nitrogen and oxygen atoms in total. The summed E-state index contributed by atoms with van der Waals surface area (Å²) in [5, 5.41) is 7.50. The molecule has 3 aromatic rings. The minimum Gasteiger partial charge on any atom is -0.382 e. The molecular weight excluding hydrogens is 226 g/mol. The minimum atomic E-state index is -0.0530. The van der Waals surface area contributed by atoms with Gasteiger partial charge < -0.3 is 10.1 Å². The van der Waals surface area contributed by atoms with E-state index in [0.29, 0.717) is 5.69 Å². The summed E-state index contributed by atoms with van der Waals surface area (Å²) >= 11 is 0. The number of hydrogen-bond donors (Lipinski definition) is 2. The van der Waals surface area contributed by atoms with Crippen molar-refractivity contribution in [1.29, 1.82) is 5.41 Å². The standard InChI is InChI=1S/C13H11N5/c14-12(15)10-8-18-7-6-16-13(18)11(17-10)9-4-2-1-3-5-9/h1-8H,(H3,14,15). The maximum atomic E-state index is 7.50. The molecular formula is C13H11N5. The van der Waals surface area contributed by atoms with Crippen molar-refractivity contribution in [3.63, 3.8) is 0 Å².